The van der Waals surface area contributed by atoms with Gasteiger partial charge in [0.05, 0.1) is 5.69 Å². The fourth-order valence-electron chi connectivity index (χ4n) is 2.66. The quantitative estimate of drug-likeness (QED) is 0.601. The summed E-state index contributed by atoms with van der Waals surface area (Å²) in [5.74, 6) is 6.37. The molecule has 0 aliphatic heterocycles. The first-order valence-electron chi connectivity index (χ1n) is 6.98. The maximum Gasteiger partial charge on any atom is 0.0640 e. The van der Waals surface area contributed by atoms with E-state index in [1.807, 2.05) is 0 Å². The van der Waals surface area contributed by atoms with Crippen LogP contribution in [-0.4, -0.2) is 15.8 Å². The van der Waals surface area contributed by atoms with Gasteiger partial charge in [-0.25, -0.2) is 0 Å². The summed E-state index contributed by atoms with van der Waals surface area (Å²) >= 11 is 0. The average molecular weight is 250 g/mol. The minimum absolute atomic E-state index is 0.347. The highest BCUT2D eigenvalue weighted by Gasteiger charge is 2.49. The lowest BCUT2D eigenvalue weighted by Crippen LogP contribution is -2.39. The van der Waals surface area contributed by atoms with Crippen LogP contribution in [0.25, 0.3) is 0 Å². The second-order valence-corrected chi connectivity index (χ2v) is 6.32. The van der Waals surface area contributed by atoms with Gasteiger partial charge < -0.3 is 0 Å². The van der Waals surface area contributed by atoms with Gasteiger partial charge in [0.1, 0.15) is 0 Å². The van der Waals surface area contributed by atoms with Crippen molar-refractivity contribution < 1.29 is 0 Å². The Morgan fingerprint density at radius 2 is 2.28 bits per heavy atom. The van der Waals surface area contributed by atoms with Gasteiger partial charge in [0, 0.05) is 24.7 Å². The van der Waals surface area contributed by atoms with E-state index in [0.29, 0.717) is 23.4 Å². The van der Waals surface area contributed by atoms with Gasteiger partial charge in [0.15, 0.2) is 0 Å². The van der Waals surface area contributed by atoms with Gasteiger partial charge in [0.25, 0.3) is 0 Å². The third-order valence-corrected chi connectivity index (χ3v) is 4.42. The van der Waals surface area contributed by atoms with E-state index in [0.717, 1.165) is 18.5 Å². The van der Waals surface area contributed by atoms with Gasteiger partial charge in [-0.05, 0) is 37.2 Å². The zero-order valence-electron chi connectivity index (χ0n) is 12.0. The summed E-state index contributed by atoms with van der Waals surface area (Å²) in [5.41, 5.74) is 4.55. The zero-order valence-corrected chi connectivity index (χ0v) is 12.0. The Balaban J connectivity index is 1.98. The number of nitrogens with zero attached hydrogens (tertiary/aromatic N) is 2. The number of hydrogen-bond acceptors (Lipinski definition) is 3. The van der Waals surface area contributed by atoms with E-state index in [1.165, 1.54) is 6.42 Å². The Kier molecular flexibility index (Phi) is 3.78. The predicted molar refractivity (Wildman–Crippen MR) is 73.9 cm³/mol. The third kappa shape index (κ3) is 2.75. The highest BCUT2D eigenvalue weighted by Crippen LogP contribution is 2.53. The van der Waals surface area contributed by atoms with Crippen molar-refractivity contribution in [2.24, 2.45) is 17.2 Å². The maximum atomic E-state index is 5.69. The minimum atomic E-state index is 0.347. The van der Waals surface area contributed by atoms with Crippen molar-refractivity contribution in [2.75, 3.05) is 0 Å². The Bertz CT molecular complexity index is 396. The van der Waals surface area contributed by atoms with E-state index in [-0.39, 0.29) is 0 Å². The first-order chi connectivity index (χ1) is 8.47. The molecule has 3 unspecified atom stereocenters. The summed E-state index contributed by atoms with van der Waals surface area (Å²) in [6, 6.07) is 2.94. The molecule has 1 aromatic heterocycles. The molecule has 3 N–H and O–H groups in total. The molecule has 1 fully saturated rings. The number of aromatic nitrogens is 2. The first kappa shape index (κ1) is 13.6. The third-order valence-electron chi connectivity index (χ3n) is 4.42. The molecule has 3 atom stereocenters. The predicted octanol–water partition coefficient (Wildman–Crippen LogP) is 2.27. The summed E-state index contributed by atoms with van der Waals surface area (Å²) in [4.78, 5) is 0. The standard InChI is InChI=1S/C14H26N4/c1-5-10(2)18-7-6-11(17-18)8-13(16-15)12-9-14(12,3)4/h6-7,10,12-13,16H,5,8-9,15H2,1-4H3. The molecule has 0 bridgehead atoms. The summed E-state index contributed by atoms with van der Waals surface area (Å²) in [7, 11) is 0. The van der Waals surface area contributed by atoms with Crippen LogP contribution in [0.2, 0.25) is 0 Å². The van der Waals surface area contributed by atoms with Crippen molar-refractivity contribution >= 4 is 0 Å². The molecule has 1 aromatic rings. The fraction of sp³-hybridized carbons (Fsp3) is 0.786. The van der Waals surface area contributed by atoms with Crippen LogP contribution in [0.15, 0.2) is 12.3 Å². The zero-order chi connectivity index (χ0) is 13.3. The van der Waals surface area contributed by atoms with Crippen molar-refractivity contribution in [2.45, 2.75) is 59.0 Å². The molecule has 4 heteroatoms. The molecule has 1 saturated carbocycles. The van der Waals surface area contributed by atoms with E-state index in [4.69, 9.17) is 5.84 Å². The van der Waals surface area contributed by atoms with Crippen molar-refractivity contribution in [3.63, 3.8) is 0 Å². The summed E-state index contributed by atoms with van der Waals surface area (Å²) < 4.78 is 2.06. The minimum Gasteiger partial charge on any atom is -0.271 e. The monoisotopic (exact) mass is 250 g/mol. The number of rotatable bonds is 6. The van der Waals surface area contributed by atoms with Crippen LogP contribution in [0.5, 0.6) is 0 Å². The molecular formula is C14H26N4. The molecule has 4 nitrogen and oxygen atoms in total. The van der Waals surface area contributed by atoms with Crippen molar-refractivity contribution in [1.29, 1.82) is 0 Å². The second kappa shape index (κ2) is 5.02. The van der Waals surface area contributed by atoms with Gasteiger partial charge in [-0.2, -0.15) is 5.10 Å². The number of hydrogen-bond donors (Lipinski definition) is 2. The number of nitrogens with two attached hydrogens (primary N) is 1. The van der Waals surface area contributed by atoms with E-state index in [2.05, 4.69) is 55.2 Å². The van der Waals surface area contributed by atoms with E-state index in [9.17, 15) is 0 Å². The van der Waals surface area contributed by atoms with E-state index >= 15 is 0 Å². The van der Waals surface area contributed by atoms with Crippen molar-refractivity contribution in [3.05, 3.63) is 18.0 Å². The van der Waals surface area contributed by atoms with Crippen LogP contribution in [-0.2, 0) is 6.42 Å². The Morgan fingerprint density at radius 1 is 1.61 bits per heavy atom. The van der Waals surface area contributed by atoms with Crippen LogP contribution >= 0.6 is 0 Å². The van der Waals surface area contributed by atoms with Gasteiger partial charge in [-0.1, -0.05) is 20.8 Å². The number of hydrazine groups is 1. The molecular weight excluding hydrogens is 224 g/mol. The lowest BCUT2D eigenvalue weighted by Gasteiger charge is -2.16. The molecule has 102 valence electrons. The highest BCUT2D eigenvalue weighted by molar-refractivity contribution is 5.08. The van der Waals surface area contributed by atoms with Crippen LogP contribution < -0.4 is 11.3 Å². The fourth-order valence-corrected chi connectivity index (χ4v) is 2.66. The molecule has 0 saturated heterocycles. The smallest absolute Gasteiger partial charge is 0.0640 e. The molecule has 0 spiro atoms. The van der Waals surface area contributed by atoms with Crippen molar-refractivity contribution in [3.8, 4) is 0 Å². The molecule has 18 heavy (non-hydrogen) atoms. The average Bonchev–Trinajstić information content (AvgIpc) is 2.79. The van der Waals surface area contributed by atoms with Gasteiger partial charge in [-0.3, -0.25) is 16.0 Å². The normalized spacial score (nSPS) is 24.8. The van der Waals surface area contributed by atoms with Gasteiger partial charge >= 0.3 is 0 Å². The van der Waals surface area contributed by atoms with Gasteiger partial charge in [0.2, 0.25) is 0 Å². The lowest BCUT2D eigenvalue weighted by molar-refractivity contribution is 0.401. The van der Waals surface area contributed by atoms with Crippen molar-refractivity contribution in [1.82, 2.24) is 15.2 Å². The van der Waals surface area contributed by atoms with Gasteiger partial charge in [-0.15, -0.1) is 0 Å². The molecule has 2 rings (SSSR count). The van der Waals surface area contributed by atoms with E-state index < -0.39 is 0 Å². The molecule has 1 aliphatic rings. The molecule has 0 amide bonds. The van der Waals surface area contributed by atoms with Crippen LogP contribution in [0.1, 0.15) is 52.3 Å². The highest BCUT2D eigenvalue weighted by atomic mass is 15.3. The lowest BCUT2D eigenvalue weighted by atomic mass is 10.0. The summed E-state index contributed by atoms with van der Waals surface area (Å²) in [5, 5.41) is 4.65. The molecule has 0 radical (unpaired) electrons. The van der Waals surface area contributed by atoms with E-state index in [1.54, 1.807) is 0 Å². The Morgan fingerprint density at radius 3 is 2.78 bits per heavy atom. The second-order valence-electron chi connectivity index (χ2n) is 6.32. The molecule has 0 aromatic carbocycles. The SMILES string of the molecule is CCC(C)n1ccc(CC(NN)C2CC2(C)C)n1. The Labute approximate surface area is 110 Å². The maximum absolute atomic E-state index is 5.69. The summed E-state index contributed by atoms with van der Waals surface area (Å²) in [6.07, 6.45) is 5.37. The number of nitrogens with one attached hydrogen (secondary N) is 1. The largest absolute Gasteiger partial charge is 0.271 e. The van der Waals surface area contributed by atoms with Crippen LogP contribution in [0.3, 0.4) is 0 Å². The Hall–Kier alpha value is -0.870. The molecule has 1 heterocycles. The first-order valence-corrected chi connectivity index (χ1v) is 6.98. The summed E-state index contributed by atoms with van der Waals surface area (Å²) in [6.45, 7) is 8.99. The van der Waals surface area contributed by atoms with Crippen LogP contribution in [0, 0.1) is 11.3 Å². The topological polar surface area (TPSA) is 55.9 Å². The molecule has 1 aliphatic carbocycles. The van der Waals surface area contributed by atoms with Crippen LogP contribution in [0.4, 0.5) is 0 Å².